The molecule has 0 saturated heterocycles. The summed E-state index contributed by atoms with van der Waals surface area (Å²) in [6.07, 6.45) is 0. The highest BCUT2D eigenvalue weighted by molar-refractivity contribution is 7.26. The van der Waals surface area contributed by atoms with Crippen molar-refractivity contribution in [3.05, 3.63) is 164 Å². The molecule has 0 aliphatic rings. The third kappa shape index (κ3) is 5.14. The maximum Gasteiger partial charge on any atom is 0.161 e. The van der Waals surface area contributed by atoms with Gasteiger partial charge in [0.25, 0.3) is 0 Å². The van der Waals surface area contributed by atoms with Crippen LogP contribution in [0.25, 0.3) is 108 Å². The molecule has 0 aliphatic carbocycles. The summed E-state index contributed by atoms with van der Waals surface area (Å²) in [6.45, 7) is 0. The van der Waals surface area contributed by atoms with Gasteiger partial charge >= 0.3 is 0 Å². The second kappa shape index (κ2) is 12.1. The fourth-order valence-electron chi connectivity index (χ4n) is 7.35. The number of fused-ring (bicyclic) bond motifs is 7. The van der Waals surface area contributed by atoms with Gasteiger partial charge in [-0.15, -0.1) is 22.7 Å². The lowest BCUT2D eigenvalue weighted by atomic mass is 10.0. The van der Waals surface area contributed by atoms with Crippen LogP contribution in [-0.2, 0) is 0 Å². The summed E-state index contributed by atoms with van der Waals surface area (Å²) in [4.78, 5) is 15.6. The molecule has 7 aromatic carbocycles. The van der Waals surface area contributed by atoms with Crippen LogP contribution < -0.4 is 0 Å². The average Bonchev–Trinajstić information content (AvgIpc) is 3.93. The van der Waals surface area contributed by atoms with Gasteiger partial charge in [-0.05, 0) is 53.6 Å². The van der Waals surface area contributed by atoms with E-state index in [0.717, 1.165) is 70.8 Å². The summed E-state index contributed by atoms with van der Waals surface area (Å²) < 4.78 is 9.84. The largest absolute Gasteiger partial charge is 0.456 e. The Morgan fingerprint density at radius 3 is 1.91 bits per heavy atom. The lowest BCUT2D eigenvalue weighted by Crippen LogP contribution is -1.96. The van der Waals surface area contributed by atoms with Gasteiger partial charge in [-0.1, -0.05) is 121 Å². The number of nitrogens with zero attached hydrogens (tertiary/aromatic N) is 3. The summed E-state index contributed by atoms with van der Waals surface area (Å²) in [5.41, 5.74) is 11.0. The van der Waals surface area contributed by atoms with E-state index in [4.69, 9.17) is 19.4 Å². The Labute approximate surface area is 312 Å². The molecule has 0 unspecified atom stereocenters. The smallest absolute Gasteiger partial charge is 0.161 e. The molecule has 53 heavy (non-hydrogen) atoms. The predicted molar refractivity (Wildman–Crippen MR) is 223 cm³/mol. The third-order valence-electron chi connectivity index (χ3n) is 9.96. The summed E-state index contributed by atoms with van der Waals surface area (Å²) in [5, 5.41) is 5.59. The van der Waals surface area contributed by atoms with E-state index in [0.29, 0.717) is 5.82 Å². The Kier molecular flexibility index (Phi) is 6.87. The first-order chi connectivity index (χ1) is 26.2. The minimum Gasteiger partial charge on any atom is -0.456 e. The van der Waals surface area contributed by atoms with E-state index in [1.54, 1.807) is 22.7 Å². The molecule has 0 amide bonds. The highest BCUT2D eigenvalue weighted by Gasteiger charge is 2.18. The number of hydrogen-bond acceptors (Lipinski definition) is 6. The van der Waals surface area contributed by atoms with E-state index in [1.165, 1.54) is 31.3 Å². The average molecular weight is 714 g/mol. The van der Waals surface area contributed by atoms with Crippen LogP contribution in [0.5, 0.6) is 0 Å². The van der Waals surface area contributed by atoms with Crippen molar-refractivity contribution < 1.29 is 4.42 Å². The van der Waals surface area contributed by atoms with Crippen molar-refractivity contribution in [2.24, 2.45) is 0 Å². The van der Waals surface area contributed by atoms with Crippen LogP contribution in [0.1, 0.15) is 0 Å². The van der Waals surface area contributed by atoms with Crippen LogP contribution in [0, 0.1) is 0 Å². The number of furan rings is 1. The first-order valence-electron chi connectivity index (χ1n) is 17.5. The van der Waals surface area contributed by atoms with E-state index < -0.39 is 0 Å². The molecule has 0 saturated carbocycles. The topological polar surface area (TPSA) is 51.8 Å². The number of hydrogen-bond donors (Lipinski definition) is 0. The Morgan fingerprint density at radius 1 is 0.396 bits per heavy atom. The number of aromatic nitrogens is 3. The lowest BCUT2D eigenvalue weighted by Gasteiger charge is -2.10. The van der Waals surface area contributed by atoms with Gasteiger partial charge in [0.05, 0.1) is 21.6 Å². The molecule has 0 fully saturated rings. The summed E-state index contributed by atoms with van der Waals surface area (Å²) in [5.74, 6) is 0.694. The molecule has 0 bridgehead atoms. The van der Waals surface area contributed by atoms with Crippen LogP contribution in [0.3, 0.4) is 0 Å². The van der Waals surface area contributed by atoms with Crippen molar-refractivity contribution in [3.63, 3.8) is 0 Å². The van der Waals surface area contributed by atoms with Crippen molar-refractivity contribution in [2.75, 3.05) is 0 Å². The standard InChI is InChI=1S/C47H27N3OS2/c1-3-10-28(11-4-1)29-18-20-31(21-19-29)47-50-39-27-43-36(25-44(39)53-47)45-35(15-9-17-42(45)52-43)46-48-37(30-12-5-2-6-13-30)26-38(49-46)32-22-23-34-33-14-7-8-16-40(33)51-41(34)24-32/h1-27H. The second-order valence-electron chi connectivity index (χ2n) is 13.2. The minimum absolute atomic E-state index is 0.694. The molecule has 0 radical (unpaired) electrons. The molecule has 4 heterocycles. The molecule has 248 valence electrons. The Morgan fingerprint density at radius 2 is 1.08 bits per heavy atom. The maximum absolute atomic E-state index is 6.28. The van der Waals surface area contributed by atoms with Gasteiger partial charge in [0.2, 0.25) is 0 Å². The van der Waals surface area contributed by atoms with Gasteiger partial charge in [0.1, 0.15) is 16.2 Å². The number of benzene rings is 7. The zero-order valence-electron chi connectivity index (χ0n) is 28.2. The van der Waals surface area contributed by atoms with Crippen molar-refractivity contribution >= 4 is 75.0 Å². The van der Waals surface area contributed by atoms with Crippen LogP contribution in [0.4, 0.5) is 0 Å². The van der Waals surface area contributed by atoms with Crippen molar-refractivity contribution in [1.29, 1.82) is 0 Å². The van der Waals surface area contributed by atoms with E-state index in [9.17, 15) is 0 Å². The maximum atomic E-state index is 6.28. The highest BCUT2D eigenvalue weighted by atomic mass is 32.1. The number of rotatable bonds is 5. The molecular weight excluding hydrogens is 687 g/mol. The van der Waals surface area contributed by atoms with Gasteiger partial charge < -0.3 is 4.42 Å². The SMILES string of the molecule is c1ccc(-c2ccc(-c3nc4cc5sc6cccc(-c7nc(-c8ccccc8)cc(-c8ccc9c(c8)oc8ccccc89)n7)c6c5cc4s3)cc2)cc1. The molecule has 4 nitrogen and oxygen atoms in total. The quantitative estimate of drug-likeness (QED) is 0.178. The minimum atomic E-state index is 0.694. The molecule has 0 spiro atoms. The molecule has 11 rings (SSSR count). The highest BCUT2D eigenvalue weighted by Crippen LogP contribution is 2.43. The molecule has 4 aromatic heterocycles. The van der Waals surface area contributed by atoms with Gasteiger partial charge in [0.15, 0.2) is 5.82 Å². The van der Waals surface area contributed by atoms with E-state index >= 15 is 0 Å². The van der Waals surface area contributed by atoms with Crippen LogP contribution in [0.15, 0.2) is 168 Å². The van der Waals surface area contributed by atoms with E-state index in [2.05, 4.69) is 133 Å². The van der Waals surface area contributed by atoms with Gasteiger partial charge in [-0.3, -0.25) is 0 Å². The summed E-state index contributed by atoms with van der Waals surface area (Å²) in [7, 11) is 0. The van der Waals surface area contributed by atoms with Crippen molar-refractivity contribution in [1.82, 2.24) is 15.0 Å². The molecule has 6 heteroatoms. The lowest BCUT2D eigenvalue weighted by molar-refractivity contribution is 0.669. The summed E-state index contributed by atoms with van der Waals surface area (Å²) >= 11 is 3.53. The first-order valence-corrected chi connectivity index (χ1v) is 19.1. The molecule has 11 aromatic rings. The number of thiophene rings is 1. The van der Waals surface area contributed by atoms with E-state index in [-0.39, 0.29) is 0 Å². The third-order valence-corrected chi connectivity index (χ3v) is 12.1. The van der Waals surface area contributed by atoms with Crippen molar-refractivity contribution in [2.45, 2.75) is 0 Å². The van der Waals surface area contributed by atoms with Gasteiger partial charge in [-0.25, -0.2) is 15.0 Å². The number of thiazole rings is 1. The van der Waals surface area contributed by atoms with Crippen LogP contribution >= 0.6 is 22.7 Å². The normalized spacial score (nSPS) is 11.8. The predicted octanol–water partition coefficient (Wildman–Crippen LogP) is 13.7. The Bertz CT molecular complexity index is 3160. The molecule has 0 aliphatic heterocycles. The fourth-order valence-corrected chi connectivity index (χ4v) is 9.49. The van der Waals surface area contributed by atoms with Gasteiger partial charge in [-0.2, -0.15) is 0 Å². The zero-order valence-corrected chi connectivity index (χ0v) is 29.8. The van der Waals surface area contributed by atoms with Gasteiger partial charge in [0, 0.05) is 53.2 Å². The molecular formula is C47H27N3OS2. The number of para-hydroxylation sites is 1. The van der Waals surface area contributed by atoms with Crippen molar-refractivity contribution in [3.8, 4) is 55.6 Å². The Balaban J connectivity index is 1.05. The fraction of sp³-hybridized carbons (Fsp3) is 0. The zero-order chi connectivity index (χ0) is 34.9. The first kappa shape index (κ1) is 30.2. The second-order valence-corrected chi connectivity index (χ2v) is 15.3. The van der Waals surface area contributed by atoms with Crippen LogP contribution in [0.2, 0.25) is 0 Å². The Hall–Kier alpha value is -6.47. The molecule has 0 atom stereocenters. The summed E-state index contributed by atoms with van der Waals surface area (Å²) in [6, 6.07) is 57.2. The van der Waals surface area contributed by atoms with E-state index in [1.807, 2.05) is 30.3 Å². The monoisotopic (exact) mass is 713 g/mol. The molecule has 0 N–H and O–H groups in total. The van der Waals surface area contributed by atoms with Crippen LogP contribution in [-0.4, -0.2) is 15.0 Å².